The molecular formula is C55H82N2. The summed E-state index contributed by atoms with van der Waals surface area (Å²) >= 11 is 0. The molecule has 0 aliphatic carbocycles. The van der Waals surface area contributed by atoms with Crippen molar-refractivity contribution in [3.63, 3.8) is 0 Å². The van der Waals surface area contributed by atoms with Crippen LogP contribution in [-0.2, 0) is 0 Å². The van der Waals surface area contributed by atoms with E-state index in [1.54, 1.807) is 0 Å². The average Bonchev–Trinajstić information content (AvgIpc) is 3.21. The maximum Gasteiger partial charge on any atom is 0.0316 e. The highest BCUT2D eigenvalue weighted by Crippen LogP contribution is 2.38. The standard InChI is InChI=1S/C55H82N2/c1-6-9-12-14-16-18-20-22-24-27-54(51-39-37-49(56)41-43(51)4)47-33-29-45(30-34-47)53(26-11-8-3)46-31-35-48(36-32-46)55(52-40-38-50(57)42-44(52)5)28-25-23-21-19-17-15-13-10-7-2/h29-42,53-55H,6-28,56-57H2,1-5H3. The Hall–Kier alpha value is -3.52. The van der Waals surface area contributed by atoms with Gasteiger partial charge in [-0.1, -0.05) is 210 Å². The minimum absolute atomic E-state index is 0.399. The molecule has 2 unspecified atom stereocenters. The number of hydrogen-bond acceptors (Lipinski definition) is 2. The smallest absolute Gasteiger partial charge is 0.0316 e. The fourth-order valence-electron chi connectivity index (χ4n) is 9.36. The lowest BCUT2D eigenvalue weighted by molar-refractivity contribution is 0.544. The van der Waals surface area contributed by atoms with E-state index in [0.717, 1.165) is 11.4 Å². The number of rotatable bonds is 29. The molecule has 0 heterocycles. The summed E-state index contributed by atoms with van der Waals surface area (Å²) < 4.78 is 0. The summed E-state index contributed by atoms with van der Waals surface area (Å²) in [5, 5.41) is 0. The highest BCUT2D eigenvalue weighted by molar-refractivity contribution is 5.50. The van der Waals surface area contributed by atoms with Gasteiger partial charge in [-0.25, -0.2) is 0 Å². The third-order valence-electron chi connectivity index (χ3n) is 12.9. The van der Waals surface area contributed by atoms with Crippen LogP contribution in [0.15, 0.2) is 84.9 Å². The second-order valence-corrected chi connectivity index (χ2v) is 17.6. The van der Waals surface area contributed by atoms with E-state index in [1.165, 1.54) is 192 Å². The summed E-state index contributed by atoms with van der Waals surface area (Å²) in [6.45, 7) is 11.4. The SMILES string of the molecule is CCCCCCCCCCCC(c1ccc(C(CCCC)c2ccc(C(CCCCCCCCCCC)c3ccc(N)cc3C)cc2)cc1)c1ccc(N)cc1C. The third kappa shape index (κ3) is 15.6. The van der Waals surface area contributed by atoms with Crippen LogP contribution < -0.4 is 11.5 Å². The van der Waals surface area contributed by atoms with Crippen LogP contribution in [0.2, 0.25) is 0 Å². The Morgan fingerprint density at radius 2 is 0.614 bits per heavy atom. The van der Waals surface area contributed by atoms with Gasteiger partial charge in [0.05, 0.1) is 0 Å². The zero-order chi connectivity index (χ0) is 40.7. The first kappa shape index (κ1) is 46.2. The Bertz CT molecular complexity index is 1530. The van der Waals surface area contributed by atoms with E-state index in [9.17, 15) is 0 Å². The maximum atomic E-state index is 6.23. The van der Waals surface area contributed by atoms with Crippen molar-refractivity contribution in [2.75, 3.05) is 11.5 Å². The van der Waals surface area contributed by atoms with Gasteiger partial charge in [-0.05, 0) is 102 Å². The summed E-state index contributed by atoms with van der Waals surface area (Å²) in [4.78, 5) is 0. The van der Waals surface area contributed by atoms with E-state index in [1.807, 2.05) is 0 Å². The summed E-state index contributed by atoms with van der Waals surface area (Å²) in [6.07, 6.45) is 30.5. The zero-order valence-corrected chi connectivity index (χ0v) is 37.2. The van der Waals surface area contributed by atoms with Crippen LogP contribution in [0.25, 0.3) is 0 Å². The van der Waals surface area contributed by atoms with Gasteiger partial charge >= 0.3 is 0 Å². The highest BCUT2D eigenvalue weighted by Gasteiger charge is 2.21. The lowest BCUT2D eigenvalue weighted by atomic mass is 9.81. The Kier molecular flexibility index (Phi) is 21.4. The quantitative estimate of drug-likeness (QED) is 0.0427. The van der Waals surface area contributed by atoms with E-state index in [2.05, 4.69) is 120 Å². The molecule has 0 aromatic heterocycles. The minimum Gasteiger partial charge on any atom is -0.399 e. The van der Waals surface area contributed by atoms with Crippen molar-refractivity contribution < 1.29 is 0 Å². The number of nitrogens with two attached hydrogens (primary N) is 2. The Balaban J connectivity index is 1.49. The van der Waals surface area contributed by atoms with Crippen LogP contribution in [0.5, 0.6) is 0 Å². The molecule has 4 rings (SSSR count). The number of aryl methyl sites for hydroxylation is 2. The lowest BCUT2D eigenvalue weighted by Gasteiger charge is -2.24. The van der Waals surface area contributed by atoms with Crippen LogP contribution in [0.4, 0.5) is 11.4 Å². The van der Waals surface area contributed by atoms with Crippen molar-refractivity contribution >= 4 is 11.4 Å². The van der Waals surface area contributed by atoms with Gasteiger partial charge in [0.15, 0.2) is 0 Å². The van der Waals surface area contributed by atoms with Gasteiger partial charge in [0.25, 0.3) is 0 Å². The van der Waals surface area contributed by atoms with Gasteiger partial charge in [-0.2, -0.15) is 0 Å². The largest absolute Gasteiger partial charge is 0.399 e. The van der Waals surface area contributed by atoms with Crippen molar-refractivity contribution in [2.24, 2.45) is 0 Å². The first-order chi connectivity index (χ1) is 27.9. The molecule has 4 aromatic rings. The monoisotopic (exact) mass is 771 g/mol. The first-order valence-corrected chi connectivity index (χ1v) is 23.8. The minimum atomic E-state index is 0.399. The molecule has 312 valence electrons. The van der Waals surface area contributed by atoms with Crippen molar-refractivity contribution in [2.45, 2.75) is 200 Å². The molecule has 0 saturated carbocycles. The van der Waals surface area contributed by atoms with Gasteiger partial charge < -0.3 is 11.5 Å². The normalized spacial score (nSPS) is 13.1. The molecule has 0 amide bonds. The van der Waals surface area contributed by atoms with E-state index >= 15 is 0 Å². The molecule has 0 fully saturated rings. The third-order valence-corrected chi connectivity index (χ3v) is 12.9. The molecule has 0 bridgehead atoms. The van der Waals surface area contributed by atoms with Crippen LogP contribution in [0, 0.1) is 13.8 Å². The Morgan fingerprint density at radius 1 is 0.333 bits per heavy atom. The molecule has 2 nitrogen and oxygen atoms in total. The number of nitrogen functional groups attached to an aromatic ring is 2. The van der Waals surface area contributed by atoms with Crippen LogP contribution >= 0.6 is 0 Å². The van der Waals surface area contributed by atoms with Gasteiger partial charge in [0.2, 0.25) is 0 Å². The summed E-state index contributed by atoms with van der Waals surface area (Å²) in [5.74, 6) is 1.20. The van der Waals surface area contributed by atoms with E-state index in [4.69, 9.17) is 11.5 Å². The molecule has 0 aliphatic rings. The van der Waals surface area contributed by atoms with E-state index in [-0.39, 0.29) is 0 Å². The van der Waals surface area contributed by atoms with Gasteiger partial charge in [0.1, 0.15) is 0 Å². The summed E-state index contributed by atoms with van der Waals surface area (Å²) in [5.41, 5.74) is 25.4. The van der Waals surface area contributed by atoms with Crippen LogP contribution in [-0.4, -0.2) is 0 Å². The lowest BCUT2D eigenvalue weighted by Crippen LogP contribution is -2.07. The number of unbranched alkanes of at least 4 members (excludes halogenated alkanes) is 17. The molecule has 4 aromatic carbocycles. The van der Waals surface area contributed by atoms with Crippen molar-refractivity contribution in [3.05, 3.63) is 129 Å². The second-order valence-electron chi connectivity index (χ2n) is 17.6. The fraction of sp³-hybridized carbons (Fsp3) is 0.564. The maximum absolute atomic E-state index is 6.23. The highest BCUT2D eigenvalue weighted by atomic mass is 14.5. The van der Waals surface area contributed by atoms with Gasteiger partial charge in [-0.15, -0.1) is 0 Å². The fourth-order valence-corrected chi connectivity index (χ4v) is 9.36. The van der Waals surface area contributed by atoms with Crippen molar-refractivity contribution in [1.29, 1.82) is 0 Å². The van der Waals surface area contributed by atoms with Crippen molar-refractivity contribution in [3.8, 4) is 0 Å². The molecule has 2 atom stereocenters. The van der Waals surface area contributed by atoms with Crippen molar-refractivity contribution in [1.82, 2.24) is 0 Å². The molecule has 0 aliphatic heterocycles. The zero-order valence-electron chi connectivity index (χ0n) is 37.2. The van der Waals surface area contributed by atoms with Crippen LogP contribution in [0.3, 0.4) is 0 Å². The molecular weight excluding hydrogens is 689 g/mol. The molecule has 0 saturated heterocycles. The number of benzene rings is 4. The first-order valence-electron chi connectivity index (χ1n) is 23.8. The Morgan fingerprint density at radius 3 is 0.930 bits per heavy atom. The summed E-state index contributed by atoms with van der Waals surface area (Å²) in [6, 6.07) is 32.7. The number of anilines is 2. The summed E-state index contributed by atoms with van der Waals surface area (Å²) in [7, 11) is 0. The predicted molar refractivity (Wildman–Crippen MR) is 253 cm³/mol. The van der Waals surface area contributed by atoms with Crippen LogP contribution in [0.1, 0.15) is 231 Å². The predicted octanol–water partition coefficient (Wildman–Crippen LogP) is 16.9. The second kappa shape index (κ2) is 26.5. The van der Waals surface area contributed by atoms with E-state index < -0.39 is 0 Å². The van der Waals surface area contributed by atoms with Gasteiger partial charge in [-0.3, -0.25) is 0 Å². The molecule has 0 spiro atoms. The molecule has 2 heteroatoms. The molecule has 57 heavy (non-hydrogen) atoms. The topological polar surface area (TPSA) is 52.0 Å². The Labute approximate surface area is 351 Å². The number of hydrogen-bond donors (Lipinski definition) is 2. The average molecular weight is 771 g/mol. The van der Waals surface area contributed by atoms with Gasteiger partial charge in [0, 0.05) is 29.1 Å². The molecule has 4 N–H and O–H groups in total. The van der Waals surface area contributed by atoms with E-state index in [0.29, 0.717) is 17.8 Å². The molecule has 0 radical (unpaired) electrons.